The Morgan fingerprint density at radius 2 is 2.47 bits per heavy atom. The fourth-order valence-electron chi connectivity index (χ4n) is 1.24. The van der Waals surface area contributed by atoms with Gasteiger partial charge >= 0.3 is 0 Å². The second kappa shape index (κ2) is 6.23. The summed E-state index contributed by atoms with van der Waals surface area (Å²) >= 11 is 4.88. The van der Waals surface area contributed by atoms with E-state index in [-0.39, 0.29) is 11.9 Å². The van der Waals surface area contributed by atoms with Crippen LogP contribution in [-0.4, -0.2) is 22.3 Å². The normalized spacial score (nSPS) is 12.5. The molecule has 0 bridgehead atoms. The summed E-state index contributed by atoms with van der Waals surface area (Å²) in [5.74, 6) is -0.0628. The van der Waals surface area contributed by atoms with Gasteiger partial charge in [0.15, 0.2) is 0 Å². The summed E-state index contributed by atoms with van der Waals surface area (Å²) < 4.78 is 0. The van der Waals surface area contributed by atoms with Gasteiger partial charge in [0, 0.05) is 16.8 Å². The maximum absolute atomic E-state index is 11.7. The van der Waals surface area contributed by atoms with Gasteiger partial charge in [-0.25, -0.2) is 4.98 Å². The molecule has 1 rings (SSSR count). The number of nitrogens with zero attached hydrogens (tertiary/aromatic N) is 1. The molecule has 1 aromatic heterocycles. The standard InChI is InChI=1S/C10H15BrN2OS/c1-3-8(4-5-11)13-10(14)9-6-15-7(2)12-9/h6,8H,3-5H2,1-2H3,(H,13,14). The first kappa shape index (κ1) is 12.6. The monoisotopic (exact) mass is 290 g/mol. The number of thiazole rings is 1. The highest BCUT2D eigenvalue weighted by Crippen LogP contribution is 2.09. The van der Waals surface area contributed by atoms with E-state index < -0.39 is 0 Å². The first-order valence-corrected chi connectivity index (χ1v) is 6.96. The van der Waals surface area contributed by atoms with Crippen LogP contribution in [0.15, 0.2) is 5.38 Å². The zero-order valence-electron chi connectivity index (χ0n) is 8.92. The third-order valence-corrected chi connectivity index (χ3v) is 3.37. The van der Waals surface area contributed by atoms with Gasteiger partial charge in [-0.2, -0.15) is 0 Å². The lowest BCUT2D eigenvalue weighted by Crippen LogP contribution is -2.34. The molecule has 15 heavy (non-hydrogen) atoms. The number of carbonyl (C=O) groups excluding carboxylic acids is 1. The molecule has 1 N–H and O–H groups in total. The molecule has 1 atom stereocenters. The van der Waals surface area contributed by atoms with Crippen molar-refractivity contribution in [2.24, 2.45) is 0 Å². The van der Waals surface area contributed by atoms with Crippen LogP contribution in [0.25, 0.3) is 0 Å². The molecule has 3 nitrogen and oxygen atoms in total. The van der Waals surface area contributed by atoms with Gasteiger partial charge in [-0.3, -0.25) is 4.79 Å². The highest BCUT2D eigenvalue weighted by Gasteiger charge is 2.13. The van der Waals surface area contributed by atoms with Crippen LogP contribution in [0.4, 0.5) is 0 Å². The lowest BCUT2D eigenvalue weighted by molar-refractivity contribution is 0.0930. The fourth-order valence-corrected chi connectivity index (χ4v) is 2.38. The summed E-state index contributed by atoms with van der Waals surface area (Å²) in [7, 11) is 0. The molecule has 84 valence electrons. The Morgan fingerprint density at radius 1 is 1.73 bits per heavy atom. The first-order valence-electron chi connectivity index (χ1n) is 4.96. The molecule has 5 heteroatoms. The van der Waals surface area contributed by atoms with Gasteiger partial charge in [0.1, 0.15) is 5.69 Å². The SMILES string of the molecule is CCC(CCBr)NC(=O)c1csc(C)n1. The van der Waals surface area contributed by atoms with Crippen molar-refractivity contribution in [1.82, 2.24) is 10.3 Å². The number of aromatic nitrogens is 1. The molecular formula is C10H15BrN2OS. The molecule has 0 aliphatic heterocycles. The van der Waals surface area contributed by atoms with Crippen molar-refractivity contribution in [3.63, 3.8) is 0 Å². The van der Waals surface area contributed by atoms with Crippen molar-refractivity contribution in [1.29, 1.82) is 0 Å². The van der Waals surface area contributed by atoms with E-state index in [9.17, 15) is 4.79 Å². The van der Waals surface area contributed by atoms with Crippen LogP contribution < -0.4 is 5.32 Å². The van der Waals surface area contributed by atoms with E-state index in [0.29, 0.717) is 5.69 Å². The van der Waals surface area contributed by atoms with Crippen molar-refractivity contribution in [2.45, 2.75) is 32.7 Å². The van der Waals surface area contributed by atoms with Crippen LogP contribution in [0.2, 0.25) is 0 Å². The van der Waals surface area contributed by atoms with Crippen LogP contribution in [0.1, 0.15) is 35.3 Å². The number of rotatable bonds is 5. The summed E-state index contributed by atoms with van der Waals surface area (Å²) in [6.45, 7) is 3.97. The minimum absolute atomic E-state index is 0.0628. The van der Waals surface area contributed by atoms with Crippen LogP contribution >= 0.6 is 27.3 Å². The van der Waals surface area contributed by atoms with Crippen LogP contribution in [0.3, 0.4) is 0 Å². The predicted octanol–water partition coefficient (Wildman–Crippen LogP) is 2.74. The molecule has 1 aromatic rings. The quantitative estimate of drug-likeness (QED) is 0.848. The van der Waals surface area contributed by atoms with Gasteiger partial charge in [-0.15, -0.1) is 11.3 Å². The zero-order valence-corrected chi connectivity index (χ0v) is 11.3. The van der Waals surface area contributed by atoms with Crippen LogP contribution in [0, 0.1) is 6.92 Å². The molecule has 0 fully saturated rings. The highest BCUT2D eigenvalue weighted by molar-refractivity contribution is 9.09. The van der Waals surface area contributed by atoms with E-state index in [1.807, 2.05) is 6.92 Å². The molecule has 0 saturated heterocycles. The third kappa shape index (κ3) is 3.91. The number of aryl methyl sites for hydroxylation is 1. The van der Waals surface area contributed by atoms with Gasteiger partial charge in [-0.1, -0.05) is 22.9 Å². The predicted molar refractivity (Wildman–Crippen MR) is 66.8 cm³/mol. The van der Waals surface area contributed by atoms with Gasteiger partial charge < -0.3 is 5.32 Å². The van der Waals surface area contributed by atoms with E-state index in [4.69, 9.17) is 0 Å². The smallest absolute Gasteiger partial charge is 0.270 e. The molecule has 1 amide bonds. The number of alkyl halides is 1. The Labute approximate surface area is 102 Å². The largest absolute Gasteiger partial charge is 0.348 e. The second-order valence-electron chi connectivity index (χ2n) is 3.31. The van der Waals surface area contributed by atoms with E-state index in [1.165, 1.54) is 11.3 Å². The Kier molecular flexibility index (Phi) is 5.25. The number of amides is 1. The van der Waals surface area contributed by atoms with E-state index in [0.717, 1.165) is 23.2 Å². The number of nitrogens with one attached hydrogen (secondary N) is 1. The molecule has 0 saturated carbocycles. The molecule has 1 heterocycles. The third-order valence-electron chi connectivity index (χ3n) is 2.14. The molecule has 0 spiro atoms. The van der Waals surface area contributed by atoms with E-state index in [2.05, 4.69) is 33.2 Å². The maximum Gasteiger partial charge on any atom is 0.270 e. The van der Waals surface area contributed by atoms with Crippen LogP contribution in [0.5, 0.6) is 0 Å². The van der Waals surface area contributed by atoms with Crippen LogP contribution in [-0.2, 0) is 0 Å². The first-order chi connectivity index (χ1) is 7.17. The van der Waals surface area contributed by atoms with Gasteiger partial charge in [-0.05, 0) is 19.8 Å². The second-order valence-corrected chi connectivity index (χ2v) is 5.16. The highest BCUT2D eigenvalue weighted by atomic mass is 79.9. The van der Waals surface area contributed by atoms with E-state index >= 15 is 0 Å². The summed E-state index contributed by atoms with van der Waals surface area (Å²) in [4.78, 5) is 15.9. The molecule has 0 aliphatic carbocycles. The van der Waals surface area contributed by atoms with Gasteiger partial charge in [0.25, 0.3) is 5.91 Å². The molecule has 0 aliphatic rings. The lowest BCUT2D eigenvalue weighted by Gasteiger charge is -2.14. The van der Waals surface area contributed by atoms with Gasteiger partial charge in [0.05, 0.1) is 5.01 Å². The number of halogens is 1. The Hall–Kier alpha value is -0.420. The van der Waals surface area contributed by atoms with Crippen molar-refractivity contribution >= 4 is 33.2 Å². The molecule has 0 aromatic carbocycles. The molecule has 0 radical (unpaired) electrons. The van der Waals surface area contributed by atoms with E-state index in [1.54, 1.807) is 5.38 Å². The van der Waals surface area contributed by atoms with Crippen molar-refractivity contribution in [2.75, 3.05) is 5.33 Å². The minimum atomic E-state index is -0.0628. The number of hydrogen-bond acceptors (Lipinski definition) is 3. The lowest BCUT2D eigenvalue weighted by atomic mass is 10.2. The minimum Gasteiger partial charge on any atom is -0.348 e. The Balaban J connectivity index is 2.54. The van der Waals surface area contributed by atoms with Crippen molar-refractivity contribution in [3.05, 3.63) is 16.1 Å². The topological polar surface area (TPSA) is 42.0 Å². The van der Waals surface area contributed by atoms with Crippen molar-refractivity contribution in [3.8, 4) is 0 Å². The fraction of sp³-hybridized carbons (Fsp3) is 0.600. The Morgan fingerprint density at radius 3 is 2.93 bits per heavy atom. The maximum atomic E-state index is 11.7. The average molecular weight is 291 g/mol. The zero-order chi connectivity index (χ0) is 11.3. The summed E-state index contributed by atoms with van der Waals surface area (Å²) in [5, 5.41) is 6.60. The summed E-state index contributed by atoms with van der Waals surface area (Å²) in [6, 6.07) is 0.235. The van der Waals surface area contributed by atoms with Gasteiger partial charge in [0.2, 0.25) is 0 Å². The molecular weight excluding hydrogens is 276 g/mol. The summed E-state index contributed by atoms with van der Waals surface area (Å²) in [5.41, 5.74) is 0.533. The van der Waals surface area contributed by atoms with Crippen molar-refractivity contribution < 1.29 is 4.79 Å². The average Bonchev–Trinajstić information content (AvgIpc) is 2.64. The Bertz CT molecular complexity index is 327. The number of hydrogen-bond donors (Lipinski definition) is 1. The summed E-state index contributed by atoms with van der Waals surface area (Å²) in [6.07, 6.45) is 1.89. The number of carbonyl (C=O) groups is 1. The molecule has 1 unspecified atom stereocenters.